The third kappa shape index (κ3) is 5.60. The highest BCUT2D eigenvalue weighted by molar-refractivity contribution is 9.10. The van der Waals surface area contributed by atoms with E-state index in [9.17, 15) is 0 Å². The highest BCUT2D eigenvalue weighted by atomic mass is 79.9. The molecule has 1 fully saturated rings. The molecule has 0 atom stereocenters. The molecule has 1 saturated heterocycles. The average Bonchev–Trinajstić information content (AvgIpc) is 3.18. The van der Waals surface area contributed by atoms with Crippen LogP contribution in [0.25, 0.3) is 0 Å². The first-order valence-electron chi connectivity index (χ1n) is 9.86. The molecule has 3 aromatic rings. The van der Waals surface area contributed by atoms with Gasteiger partial charge in [0.15, 0.2) is 10.9 Å². The van der Waals surface area contributed by atoms with Crippen LogP contribution in [0.1, 0.15) is 11.1 Å². The van der Waals surface area contributed by atoms with Crippen molar-refractivity contribution in [3.63, 3.8) is 0 Å². The van der Waals surface area contributed by atoms with Crippen LogP contribution in [0.3, 0.4) is 0 Å². The second-order valence-corrected chi connectivity index (χ2v) is 8.99. The fourth-order valence-electron chi connectivity index (χ4n) is 3.46. The number of aromatic nitrogens is 2. The molecule has 156 valence electrons. The van der Waals surface area contributed by atoms with Crippen molar-refractivity contribution in [2.24, 2.45) is 0 Å². The number of nitrogens with one attached hydrogen (secondary N) is 1. The Hall–Kier alpha value is -1.93. The Morgan fingerprint density at radius 1 is 1.00 bits per heavy atom. The first kappa shape index (κ1) is 21.3. The molecule has 1 aliphatic heterocycles. The number of hydrogen-bond donors (Lipinski definition) is 1. The molecular weight excluding hydrogens is 482 g/mol. The molecule has 4 rings (SSSR count). The van der Waals surface area contributed by atoms with Gasteiger partial charge in [0.25, 0.3) is 0 Å². The van der Waals surface area contributed by atoms with Gasteiger partial charge in [0, 0.05) is 54.5 Å². The molecule has 2 heterocycles. The molecule has 0 saturated carbocycles. The number of hydrogen-bond acceptors (Lipinski definition) is 3. The number of anilines is 1. The van der Waals surface area contributed by atoms with Gasteiger partial charge in [-0.15, -0.1) is 0 Å². The first-order chi connectivity index (χ1) is 14.6. The van der Waals surface area contributed by atoms with Crippen LogP contribution in [0.2, 0.25) is 5.02 Å². The van der Waals surface area contributed by atoms with Crippen molar-refractivity contribution in [3.05, 3.63) is 81.4 Å². The van der Waals surface area contributed by atoms with Gasteiger partial charge in [0.2, 0.25) is 0 Å². The van der Waals surface area contributed by atoms with Gasteiger partial charge >= 0.3 is 0 Å². The minimum atomic E-state index is 0.694. The van der Waals surface area contributed by atoms with Gasteiger partial charge in [-0.3, -0.25) is 9.58 Å². The van der Waals surface area contributed by atoms with E-state index in [1.165, 1.54) is 10.0 Å². The third-order valence-corrected chi connectivity index (χ3v) is 6.53. The van der Waals surface area contributed by atoms with E-state index >= 15 is 0 Å². The van der Waals surface area contributed by atoms with Gasteiger partial charge in [0.1, 0.15) is 0 Å². The predicted molar refractivity (Wildman–Crippen MR) is 130 cm³/mol. The van der Waals surface area contributed by atoms with E-state index in [2.05, 4.69) is 54.3 Å². The normalized spacial score (nSPS) is 14.7. The summed E-state index contributed by atoms with van der Waals surface area (Å²) in [7, 11) is 0. The largest absolute Gasteiger partial charge is 0.346 e. The van der Waals surface area contributed by atoms with Gasteiger partial charge in [0.05, 0.1) is 6.54 Å². The molecule has 5 nitrogen and oxygen atoms in total. The number of rotatable bonds is 5. The summed E-state index contributed by atoms with van der Waals surface area (Å²) in [4.78, 5) is 4.67. The lowest BCUT2D eigenvalue weighted by Crippen LogP contribution is -2.49. The van der Waals surface area contributed by atoms with E-state index in [1.54, 1.807) is 0 Å². The van der Waals surface area contributed by atoms with Crippen LogP contribution in [0, 0.1) is 0 Å². The monoisotopic (exact) mass is 503 g/mol. The fourth-order valence-corrected chi connectivity index (χ4v) is 4.28. The van der Waals surface area contributed by atoms with Crippen molar-refractivity contribution in [2.75, 3.05) is 31.5 Å². The Morgan fingerprint density at radius 2 is 1.73 bits per heavy atom. The minimum absolute atomic E-state index is 0.694. The molecule has 0 amide bonds. The molecule has 0 aliphatic carbocycles. The predicted octanol–water partition coefficient (Wildman–Crippen LogP) is 4.86. The van der Waals surface area contributed by atoms with Gasteiger partial charge < -0.3 is 10.2 Å². The molecule has 1 N–H and O–H groups in total. The van der Waals surface area contributed by atoms with Gasteiger partial charge in [-0.2, -0.15) is 5.10 Å². The summed E-state index contributed by atoms with van der Waals surface area (Å²) < 4.78 is 3.06. The number of halogens is 2. The van der Waals surface area contributed by atoms with Crippen molar-refractivity contribution in [1.82, 2.24) is 19.6 Å². The van der Waals surface area contributed by atoms with E-state index in [1.807, 2.05) is 47.3 Å². The minimum Gasteiger partial charge on any atom is -0.346 e. The van der Waals surface area contributed by atoms with Gasteiger partial charge in [-0.1, -0.05) is 57.9 Å². The second kappa shape index (κ2) is 9.92. The Bertz CT molecular complexity index is 999. The summed E-state index contributed by atoms with van der Waals surface area (Å²) in [5, 5.41) is 9.33. The summed E-state index contributed by atoms with van der Waals surface area (Å²) in [6.07, 6.45) is 1.95. The fraction of sp³-hybridized carbons (Fsp3) is 0.273. The SMILES string of the molecule is S=C(Nc1ccn(Cc2ccc(Cl)cc2)n1)N1CCN(Cc2ccccc2Br)CC1. The van der Waals surface area contributed by atoms with Crippen LogP contribution in [0.15, 0.2) is 65.3 Å². The molecule has 30 heavy (non-hydrogen) atoms. The molecule has 0 unspecified atom stereocenters. The zero-order chi connectivity index (χ0) is 20.9. The number of nitrogens with zero attached hydrogens (tertiary/aromatic N) is 4. The Labute approximate surface area is 195 Å². The lowest BCUT2D eigenvalue weighted by molar-refractivity contribution is 0.176. The van der Waals surface area contributed by atoms with E-state index in [0.29, 0.717) is 6.54 Å². The van der Waals surface area contributed by atoms with Gasteiger partial charge in [-0.25, -0.2) is 0 Å². The third-order valence-electron chi connectivity index (χ3n) is 5.14. The molecule has 1 aliphatic rings. The molecule has 0 bridgehead atoms. The Morgan fingerprint density at radius 3 is 2.47 bits per heavy atom. The van der Waals surface area contributed by atoms with Crippen molar-refractivity contribution < 1.29 is 0 Å². The van der Waals surface area contributed by atoms with Crippen LogP contribution in [-0.4, -0.2) is 50.9 Å². The standard InChI is InChI=1S/C22H23BrClN5S/c23-20-4-2-1-3-18(20)16-27-11-13-28(14-12-27)22(30)25-21-9-10-29(26-21)15-17-5-7-19(24)8-6-17/h1-10H,11-16H2,(H,25,26,30). The summed E-state index contributed by atoms with van der Waals surface area (Å²) >= 11 is 15.2. The van der Waals surface area contributed by atoms with E-state index in [0.717, 1.165) is 54.2 Å². The average molecular weight is 505 g/mol. The molecule has 1 aromatic heterocycles. The summed E-state index contributed by atoms with van der Waals surface area (Å²) in [5.74, 6) is 0.768. The van der Waals surface area contributed by atoms with Gasteiger partial charge in [-0.05, 0) is 41.5 Å². The Balaban J connectivity index is 1.26. The van der Waals surface area contributed by atoms with Crippen LogP contribution in [-0.2, 0) is 13.1 Å². The topological polar surface area (TPSA) is 36.3 Å². The summed E-state index contributed by atoms with van der Waals surface area (Å²) in [6.45, 7) is 5.41. The van der Waals surface area contributed by atoms with Crippen LogP contribution >= 0.6 is 39.7 Å². The number of piperazine rings is 1. The molecule has 0 spiro atoms. The van der Waals surface area contributed by atoms with E-state index < -0.39 is 0 Å². The number of thiocarbonyl (C=S) groups is 1. The molecule has 0 radical (unpaired) electrons. The second-order valence-electron chi connectivity index (χ2n) is 7.31. The maximum absolute atomic E-state index is 5.95. The zero-order valence-corrected chi connectivity index (χ0v) is 19.6. The first-order valence-corrected chi connectivity index (χ1v) is 11.4. The van der Waals surface area contributed by atoms with Crippen LogP contribution < -0.4 is 5.32 Å². The molecule has 8 heteroatoms. The highest BCUT2D eigenvalue weighted by Gasteiger charge is 2.20. The molecule has 2 aromatic carbocycles. The number of benzene rings is 2. The molecular formula is C22H23BrClN5S. The van der Waals surface area contributed by atoms with Crippen molar-refractivity contribution in [1.29, 1.82) is 0 Å². The zero-order valence-electron chi connectivity index (χ0n) is 16.5. The Kier molecular flexibility index (Phi) is 7.04. The van der Waals surface area contributed by atoms with E-state index in [4.69, 9.17) is 23.8 Å². The lowest BCUT2D eigenvalue weighted by Gasteiger charge is -2.36. The summed E-state index contributed by atoms with van der Waals surface area (Å²) in [5.41, 5.74) is 2.47. The van der Waals surface area contributed by atoms with Crippen molar-refractivity contribution in [3.8, 4) is 0 Å². The van der Waals surface area contributed by atoms with Crippen molar-refractivity contribution >= 4 is 50.7 Å². The van der Waals surface area contributed by atoms with E-state index in [-0.39, 0.29) is 0 Å². The van der Waals surface area contributed by atoms with Crippen molar-refractivity contribution in [2.45, 2.75) is 13.1 Å². The lowest BCUT2D eigenvalue weighted by atomic mass is 10.2. The maximum atomic E-state index is 5.95. The highest BCUT2D eigenvalue weighted by Crippen LogP contribution is 2.19. The maximum Gasteiger partial charge on any atom is 0.174 e. The van der Waals surface area contributed by atoms with Crippen LogP contribution in [0.4, 0.5) is 5.82 Å². The smallest absolute Gasteiger partial charge is 0.174 e. The summed E-state index contributed by atoms with van der Waals surface area (Å²) in [6, 6.07) is 18.2. The van der Waals surface area contributed by atoms with Crippen LogP contribution in [0.5, 0.6) is 0 Å². The quantitative estimate of drug-likeness (QED) is 0.502.